The van der Waals surface area contributed by atoms with Gasteiger partial charge in [-0.15, -0.1) is 0 Å². The molecule has 0 bridgehead atoms. The highest BCUT2D eigenvalue weighted by molar-refractivity contribution is 7.80. The number of aromatic nitrogens is 2. The van der Waals surface area contributed by atoms with Crippen LogP contribution in [0.2, 0.25) is 0 Å². The van der Waals surface area contributed by atoms with E-state index in [-0.39, 0.29) is 119 Å². The molecule has 46 nitrogen and oxygen atoms in total. The Labute approximate surface area is 814 Å². The van der Waals surface area contributed by atoms with Crippen LogP contribution >= 0.6 is 25.3 Å². The summed E-state index contributed by atoms with van der Waals surface area (Å²) in [6, 6.07) is -1.32. The molecule has 29 N–H and O–H groups in total. The quantitative estimate of drug-likeness (QED) is 0.00757. The summed E-state index contributed by atoms with van der Waals surface area (Å²) in [6.45, 7) is 12.8. The van der Waals surface area contributed by atoms with Crippen molar-refractivity contribution >= 4 is 165 Å². The lowest BCUT2D eigenvalue weighted by Crippen LogP contribution is -2.60. The van der Waals surface area contributed by atoms with Crippen molar-refractivity contribution in [3.8, 4) is 5.75 Å². The average Bonchev–Trinajstić information content (AvgIpc) is 1.65. The topological polar surface area (TPSA) is 726 Å². The molecule has 762 valence electrons. The standard InChI is InChI=1S/C91H134N24O22S2/c1-45(2)31-57(92)77(123)112-69(44-139)86(132)107-61(27-28-71(93)118)80(126)106-60(21-15-29-96-91(94)95)79(125)108-62(32-46(3)4)78(124)100-41-74(121)114-75(48(7)8)88(134)111-67(42-116)84(130)110-66(34-51-23-25-54(117)26-24-51)89(135)115-30-16-22-70(115)87(133)101-40-73(120)104-64(35-52-37-97-58-19-13-11-17-55(52)58)82(128)109-63(33-47(5)6)81(127)102-49(9)76(122)99-39-72(119)105-65(36-53-38-98-59-20-14-12-18-56(53)59)83(129)113-68(43-138)85(131)103-50(10)90(136)137/h11-14,17-20,23-26,37-38,45-50,57,60-70,75,97-98,116-117,138-139H,15-16,21-22,27-36,39-44,92H2,1-10H3,(H2,93,118)(H,99,122)(H,100,124)(H,101,133)(H,102,127)(H,103,131)(H,104,120)(H,105,119)(H,106,126)(H,107,132)(H,108,125)(H,109,128)(H,110,130)(H,111,134)(H,112,123)(H,113,129)(H,114,121)(H,136,137)(H4,94,95,96)/t49-,50-,57-,60-,61-,62-,63-,64-,65-,66-,67-,68-,69-,70-,75-/m0/s1. The number of likely N-dealkylation sites (tertiary alicyclic amines) is 1. The van der Waals surface area contributed by atoms with Crippen LogP contribution in [0.4, 0.5) is 0 Å². The number of thiol groups is 2. The van der Waals surface area contributed by atoms with Gasteiger partial charge in [0.15, 0.2) is 5.96 Å². The number of carboxylic acids is 1. The molecule has 6 rings (SSSR count). The van der Waals surface area contributed by atoms with Crippen LogP contribution in [0, 0.1) is 29.1 Å². The molecule has 0 radical (unpaired) electrons. The van der Waals surface area contributed by atoms with E-state index in [1.807, 2.05) is 13.8 Å². The largest absolute Gasteiger partial charge is 0.508 e. The summed E-state index contributed by atoms with van der Waals surface area (Å²) in [6.07, 6.45) is 2.29. The maximum atomic E-state index is 15.0. The highest BCUT2D eigenvalue weighted by Crippen LogP contribution is 2.25. The maximum absolute atomic E-state index is 15.0. The molecule has 1 fully saturated rings. The number of para-hydroxylation sites is 2. The number of aliphatic hydroxyl groups is 1. The molecule has 3 aromatic carbocycles. The average molecular weight is 1980 g/mol. The Morgan fingerprint density at radius 3 is 1.37 bits per heavy atom. The number of aromatic amines is 2. The number of aliphatic hydroxyl groups excluding tert-OH is 1. The van der Waals surface area contributed by atoms with Crippen molar-refractivity contribution in [2.24, 2.45) is 40.9 Å². The zero-order chi connectivity index (χ0) is 103. The highest BCUT2D eigenvalue weighted by Gasteiger charge is 2.42. The van der Waals surface area contributed by atoms with Crippen molar-refractivity contribution < 1.29 is 106 Å². The second-order valence-electron chi connectivity index (χ2n) is 35.7. The van der Waals surface area contributed by atoms with E-state index in [4.69, 9.17) is 22.6 Å². The van der Waals surface area contributed by atoms with Gasteiger partial charge in [0.2, 0.25) is 106 Å². The van der Waals surface area contributed by atoms with Crippen LogP contribution in [0.5, 0.6) is 5.75 Å². The van der Waals surface area contributed by atoms with Crippen molar-refractivity contribution in [2.75, 3.05) is 50.8 Å². The molecule has 0 spiro atoms. The lowest BCUT2D eigenvalue weighted by molar-refractivity contribution is -0.142. The fourth-order valence-electron chi connectivity index (χ4n) is 15.1. The molecule has 3 heterocycles. The van der Waals surface area contributed by atoms with E-state index in [1.54, 1.807) is 88.6 Å². The maximum Gasteiger partial charge on any atom is 0.325 e. The number of rotatable bonds is 57. The number of fused-ring (bicyclic) bond motifs is 2. The summed E-state index contributed by atoms with van der Waals surface area (Å²) in [7, 11) is 0. The molecule has 1 saturated heterocycles. The minimum atomic E-state index is -1.82. The van der Waals surface area contributed by atoms with Gasteiger partial charge >= 0.3 is 5.97 Å². The normalized spacial score (nSPS) is 15.4. The number of primary amides is 1. The Hall–Kier alpha value is -13.6. The van der Waals surface area contributed by atoms with Crippen LogP contribution in [0.25, 0.3) is 21.8 Å². The molecule has 1 aliphatic heterocycles. The molecule has 18 amide bonds. The highest BCUT2D eigenvalue weighted by atomic mass is 32.1. The first-order valence-corrected chi connectivity index (χ1v) is 47.1. The second kappa shape index (κ2) is 56.3. The number of nitrogens with two attached hydrogens (primary N) is 3. The number of carboxylic acid groups (broad SMARTS) is 1. The van der Waals surface area contributed by atoms with Crippen LogP contribution in [0.3, 0.4) is 0 Å². The van der Waals surface area contributed by atoms with Crippen LogP contribution in [0.1, 0.15) is 144 Å². The van der Waals surface area contributed by atoms with Crippen molar-refractivity contribution in [3.63, 3.8) is 0 Å². The number of nitrogens with one attached hydrogen (secondary N) is 20. The van der Waals surface area contributed by atoms with E-state index in [0.717, 1.165) is 0 Å². The van der Waals surface area contributed by atoms with Gasteiger partial charge in [-0.3, -0.25) is 96.5 Å². The van der Waals surface area contributed by atoms with Crippen LogP contribution < -0.4 is 108 Å². The number of amides is 18. The van der Waals surface area contributed by atoms with E-state index >= 15 is 0 Å². The van der Waals surface area contributed by atoms with Crippen molar-refractivity contribution in [2.45, 2.75) is 237 Å². The Morgan fingerprint density at radius 2 is 0.878 bits per heavy atom. The first kappa shape index (κ1) is 114. The van der Waals surface area contributed by atoms with Crippen molar-refractivity contribution in [1.29, 1.82) is 5.41 Å². The van der Waals surface area contributed by atoms with Gasteiger partial charge in [0.1, 0.15) is 90.3 Å². The zero-order valence-electron chi connectivity index (χ0n) is 79.4. The van der Waals surface area contributed by atoms with Crippen LogP contribution in [-0.4, -0.2) is 290 Å². The number of benzene rings is 3. The molecule has 139 heavy (non-hydrogen) atoms. The first-order chi connectivity index (χ1) is 65.7. The van der Waals surface area contributed by atoms with E-state index in [9.17, 15) is 106 Å². The van der Waals surface area contributed by atoms with Crippen molar-refractivity contribution in [3.05, 3.63) is 102 Å². The lowest BCUT2D eigenvalue weighted by atomic mass is 10.0. The lowest BCUT2D eigenvalue weighted by Gasteiger charge is -2.30. The number of H-pyrrole nitrogens is 2. The van der Waals surface area contributed by atoms with Crippen LogP contribution in [0.15, 0.2) is 85.2 Å². The van der Waals surface area contributed by atoms with Gasteiger partial charge in [-0.2, -0.15) is 25.3 Å². The van der Waals surface area contributed by atoms with Crippen molar-refractivity contribution in [1.82, 2.24) is 105 Å². The molecule has 1 aliphatic rings. The molecule has 0 unspecified atom stereocenters. The van der Waals surface area contributed by atoms with Gasteiger partial charge < -0.3 is 138 Å². The third-order valence-corrected chi connectivity index (χ3v) is 23.2. The summed E-state index contributed by atoms with van der Waals surface area (Å²) < 4.78 is 0. The molecular weight excluding hydrogens is 1850 g/mol. The molecule has 0 saturated carbocycles. The van der Waals surface area contributed by atoms with Gasteiger partial charge in [-0.1, -0.05) is 104 Å². The molecule has 5 aromatic rings. The number of carbonyl (C=O) groups is 19. The number of nitrogens with zero attached hydrogens (tertiary/aromatic N) is 1. The van der Waals surface area contributed by atoms with E-state index in [0.29, 0.717) is 38.5 Å². The van der Waals surface area contributed by atoms with E-state index in [2.05, 4.69) is 126 Å². The summed E-state index contributed by atoms with van der Waals surface area (Å²) >= 11 is 8.37. The number of phenols is 1. The molecule has 48 heteroatoms. The third-order valence-electron chi connectivity index (χ3n) is 22.5. The van der Waals surface area contributed by atoms with E-state index < -0.39 is 247 Å². The second-order valence-corrected chi connectivity index (χ2v) is 36.4. The Kier molecular flexibility index (Phi) is 46.2. The molecule has 0 aliphatic carbocycles. The number of aliphatic carboxylic acids is 1. The number of guanidine groups is 1. The van der Waals surface area contributed by atoms with Gasteiger partial charge in [0.05, 0.1) is 32.3 Å². The number of carbonyl (C=O) groups excluding carboxylic acids is 18. The predicted octanol–water partition coefficient (Wildman–Crippen LogP) is -4.35. The fraction of sp³-hybridized carbons (Fsp3) is 0.538. The Morgan fingerprint density at radius 1 is 0.453 bits per heavy atom. The smallest absolute Gasteiger partial charge is 0.325 e. The number of phenolic OH excluding ortho intramolecular Hbond substituents is 1. The van der Waals surface area contributed by atoms with Gasteiger partial charge in [0.25, 0.3) is 0 Å². The molecule has 15 atom stereocenters. The fourth-order valence-corrected chi connectivity index (χ4v) is 15.6. The summed E-state index contributed by atoms with van der Waals surface area (Å²) in [5.74, 6) is -19.7. The summed E-state index contributed by atoms with van der Waals surface area (Å²) in [5, 5.41) is 82.2. The molecule has 2 aromatic heterocycles. The zero-order valence-corrected chi connectivity index (χ0v) is 81.2. The first-order valence-electron chi connectivity index (χ1n) is 45.8. The van der Waals surface area contributed by atoms with Gasteiger partial charge in [0, 0.05) is 84.5 Å². The number of hydrogen-bond acceptors (Lipinski definition) is 25. The van der Waals surface area contributed by atoms with Gasteiger partial charge in [-0.25, -0.2) is 0 Å². The van der Waals surface area contributed by atoms with Crippen LogP contribution in [-0.2, 0) is 110 Å². The van der Waals surface area contributed by atoms with Gasteiger partial charge in [-0.05, 0) is 130 Å². The minimum absolute atomic E-state index is 0.00869. The molecular formula is C91H134N24O22S2. The predicted molar refractivity (Wildman–Crippen MR) is 517 cm³/mol. The number of hydrogen-bond donors (Lipinski definition) is 28. The van der Waals surface area contributed by atoms with E-state index in [1.165, 1.54) is 56.9 Å². The SMILES string of the molecule is CC(C)C[C@H](NC(=O)[C@H](CCCNC(=N)N)NC(=O)[C@H](CCC(N)=O)NC(=O)[C@H](CS)NC(=O)[C@@H](N)CC(C)C)C(=O)NCC(=O)N[C@H](C(=O)N[C@@H](CO)C(=O)N[C@@H](Cc1ccc(O)cc1)C(=O)N1CCC[C@H]1C(=O)NCC(=O)N[C@@H](Cc1c[nH]c2ccccc12)C(=O)N[C@@H](CC(C)C)C(=O)N[C@@H](C)C(=O)NCC(=O)N[C@@H](Cc1c[nH]c2ccccc12)C(=O)N[C@@H](CS)C(=O)N[C@@H](C)C(=O)O)C(C)C. The third kappa shape index (κ3) is 37.3. The summed E-state index contributed by atoms with van der Waals surface area (Å²) in [5.41, 5.74) is 19.9. The summed E-state index contributed by atoms with van der Waals surface area (Å²) in [4.78, 5) is 269. The number of aromatic hydroxyl groups is 1. The monoisotopic (exact) mass is 1980 g/mol. The Bertz CT molecular complexity index is 5150. The Balaban J connectivity index is 1.10. The minimum Gasteiger partial charge on any atom is -0.508 e.